The summed E-state index contributed by atoms with van der Waals surface area (Å²) < 4.78 is 37.6. The van der Waals surface area contributed by atoms with Gasteiger partial charge in [0.05, 0.1) is 17.7 Å². The number of halogens is 4. The van der Waals surface area contributed by atoms with Gasteiger partial charge in [-0.25, -0.2) is 18.6 Å². The van der Waals surface area contributed by atoms with Crippen molar-refractivity contribution in [2.45, 2.75) is 0 Å². The molecule has 25 heavy (non-hydrogen) atoms. The van der Waals surface area contributed by atoms with Crippen molar-refractivity contribution in [1.29, 1.82) is 0 Å². The highest BCUT2D eigenvalue weighted by atomic mass is 79.9. The van der Waals surface area contributed by atoms with Crippen LogP contribution >= 0.6 is 27.5 Å². The third-order valence-corrected chi connectivity index (χ3v) is 4.15. The Morgan fingerprint density at radius 1 is 1.24 bits per heavy atom. The molecule has 2 aromatic carbocycles. The number of esters is 1. The standard InChI is InChI=1S/C17H9BrClF2NO3/c1-24-15-3-2-9(18)4-8(15)5-14-17(23)25-16(22-14)10-6-12(20)13(21)7-11(10)19/h2-7H,1H3. The summed E-state index contributed by atoms with van der Waals surface area (Å²) in [5.74, 6) is -2.64. The number of rotatable bonds is 3. The van der Waals surface area contributed by atoms with Crippen LogP contribution in [-0.2, 0) is 9.53 Å². The van der Waals surface area contributed by atoms with Gasteiger partial charge in [-0.3, -0.25) is 0 Å². The maximum atomic E-state index is 13.4. The Morgan fingerprint density at radius 2 is 1.96 bits per heavy atom. The molecule has 0 unspecified atom stereocenters. The van der Waals surface area contributed by atoms with Crippen LogP contribution in [0.15, 0.2) is 45.5 Å². The SMILES string of the molecule is COc1ccc(Br)cc1C=C1N=C(c2cc(F)c(F)cc2Cl)OC1=O. The van der Waals surface area contributed by atoms with Crippen LogP contribution in [0.1, 0.15) is 11.1 Å². The van der Waals surface area contributed by atoms with Gasteiger partial charge in [0.1, 0.15) is 5.75 Å². The number of cyclic esters (lactones) is 1. The summed E-state index contributed by atoms with van der Waals surface area (Å²) in [6, 6.07) is 6.85. The molecule has 1 aliphatic rings. The van der Waals surface area contributed by atoms with Gasteiger partial charge in [-0.15, -0.1) is 0 Å². The van der Waals surface area contributed by atoms with E-state index in [1.54, 1.807) is 18.2 Å². The number of nitrogens with zero attached hydrogens (tertiary/aromatic N) is 1. The maximum Gasteiger partial charge on any atom is 0.363 e. The van der Waals surface area contributed by atoms with Crippen molar-refractivity contribution >= 4 is 45.5 Å². The zero-order valence-electron chi connectivity index (χ0n) is 12.6. The summed E-state index contributed by atoms with van der Waals surface area (Å²) >= 11 is 9.21. The predicted molar refractivity (Wildman–Crippen MR) is 92.7 cm³/mol. The number of ether oxygens (including phenoxy) is 2. The molecule has 0 amide bonds. The molecule has 1 aliphatic heterocycles. The number of benzene rings is 2. The Kier molecular flexibility index (Phi) is 4.87. The minimum atomic E-state index is -1.12. The molecule has 1 heterocycles. The van der Waals surface area contributed by atoms with Crippen LogP contribution in [0.4, 0.5) is 8.78 Å². The van der Waals surface area contributed by atoms with E-state index in [9.17, 15) is 13.6 Å². The lowest BCUT2D eigenvalue weighted by molar-refractivity contribution is -0.129. The lowest BCUT2D eigenvalue weighted by Gasteiger charge is -2.04. The van der Waals surface area contributed by atoms with E-state index in [-0.39, 0.29) is 22.2 Å². The molecule has 3 rings (SSSR count). The molecule has 0 saturated heterocycles. The fourth-order valence-electron chi connectivity index (χ4n) is 2.18. The van der Waals surface area contributed by atoms with Crippen molar-refractivity contribution in [3.8, 4) is 5.75 Å². The van der Waals surface area contributed by atoms with Gasteiger partial charge < -0.3 is 9.47 Å². The third-order valence-electron chi connectivity index (χ3n) is 3.34. The van der Waals surface area contributed by atoms with Crippen LogP contribution in [0, 0.1) is 11.6 Å². The van der Waals surface area contributed by atoms with Crippen molar-refractivity contribution in [2.24, 2.45) is 4.99 Å². The maximum absolute atomic E-state index is 13.4. The molecule has 8 heteroatoms. The highest BCUT2D eigenvalue weighted by Gasteiger charge is 2.27. The monoisotopic (exact) mass is 427 g/mol. The topological polar surface area (TPSA) is 47.9 Å². The summed E-state index contributed by atoms with van der Waals surface area (Å²) in [6.45, 7) is 0. The Labute approximate surface area is 154 Å². The highest BCUT2D eigenvalue weighted by molar-refractivity contribution is 9.10. The first-order valence-corrected chi connectivity index (χ1v) is 8.07. The van der Waals surface area contributed by atoms with E-state index in [0.29, 0.717) is 11.3 Å². The smallest absolute Gasteiger partial charge is 0.363 e. The van der Waals surface area contributed by atoms with E-state index < -0.39 is 17.6 Å². The Morgan fingerprint density at radius 3 is 2.68 bits per heavy atom. The Hall–Kier alpha value is -2.25. The van der Waals surface area contributed by atoms with E-state index >= 15 is 0 Å². The van der Waals surface area contributed by atoms with Gasteiger partial charge in [0, 0.05) is 10.0 Å². The van der Waals surface area contributed by atoms with Gasteiger partial charge >= 0.3 is 5.97 Å². The summed E-state index contributed by atoms with van der Waals surface area (Å²) in [4.78, 5) is 16.1. The van der Waals surface area contributed by atoms with E-state index in [0.717, 1.165) is 16.6 Å². The van der Waals surface area contributed by atoms with E-state index in [2.05, 4.69) is 20.9 Å². The number of hydrogen-bond donors (Lipinski definition) is 0. The number of carbonyl (C=O) groups excluding carboxylic acids is 1. The second kappa shape index (κ2) is 6.93. The predicted octanol–water partition coefficient (Wildman–Crippen LogP) is 4.73. The summed E-state index contributed by atoms with van der Waals surface area (Å²) in [7, 11) is 1.49. The largest absolute Gasteiger partial charge is 0.496 e. The first-order valence-electron chi connectivity index (χ1n) is 6.90. The van der Waals surface area contributed by atoms with Gasteiger partial charge in [-0.2, -0.15) is 0 Å². The second-order valence-electron chi connectivity index (χ2n) is 4.97. The molecular weight excluding hydrogens is 420 g/mol. The first kappa shape index (κ1) is 17.6. The number of methoxy groups -OCH3 is 1. The van der Waals surface area contributed by atoms with Gasteiger partial charge in [-0.1, -0.05) is 27.5 Å². The molecule has 4 nitrogen and oxygen atoms in total. The average molecular weight is 429 g/mol. The minimum absolute atomic E-state index is 0.0153. The lowest BCUT2D eigenvalue weighted by atomic mass is 10.1. The summed E-state index contributed by atoms with van der Waals surface area (Å²) in [5.41, 5.74) is 0.552. The van der Waals surface area contributed by atoms with E-state index in [4.69, 9.17) is 21.1 Å². The molecule has 128 valence electrons. The van der Waals surface area contributed by atoms with Crippen LogP contribution in [0.5, 0.6) is 5.75 Å². The van der Waals surface area contributed by atoms with Crippen molar-refractivity contribution in [2.75, 3.05) is 7.11 Å². The molecule has 0 spiro atoms. The molecule has 0 bridgehead atoms. The molecule has 0 N–H and O–H groups in total. The van der Waals surface area contributed by atoms with Crippen LogP contribution in [0.2, 0.25) is 5.02 Å². The second-order valence-corrected chi connectivity index (χ2v) is 6.29. The minimum Gasteiger partial charge on any atom is -0.496 e. The van der Waals surface area contributed by atoms with Crippen molar-refractivity contribution < 1.29 is 23.0 Å². The van der Waals surface area contributed by atoms with Crippen LogP contribution in [0.25, 0.3) is 6.08 Å². The Bertz CT molecular complexity index is 944. The normalized spacial score (nSPS) is 15.3. The highest BCUT2D eigenvalue weighted by Crippen LogP contribution is 2.29. The van der Waals surface area contributed by atoms with Crippen molar-refractivity contribution in [3.05, 3.63) is 68.3 Å². The number of carbonyl (C=O) groups is 1. The van der Waals surface area contributed by atoms with Gasteiger partial charge in [-0.05, 0) is 36.4 Å². The summed E-state index contributed by atoms with van der Waals surface area (Å²) in [5, 5.41) is -0.119. The molecule has 0 atom stereocenters. The molecule has 0 aliphatic carbocycles. The van der Waals surface area contributed by atoms with Gasteiger partial charge in [0.15, 0.2) is 17.3 Å². The molecule has 0 saturated carbocycles. The van der Waals surface area contributed by atoms with Crippen molar-refractivity contribution in [1.82, 2.24) is 0 Å². The van der Waals surface area contributed by atoms with E-state index in [1.807, 2.05) is 0 Å². The Balaban J connectivity index is 2.04. The van der Waals surface area contributed by atoms with Crippen LogP contribution in [0.3, 0.4) is 0 Å². The lowest BCUT2D eigenvalue weighted by Crippen LogP contribution is -2.07. The van der Waals surface area contributed by atoms with Gasteiger partial charge in [0.25, 0.3) is 0 Å². The molecular formula is C17H9BrClF2NO3. The van der Waals surface area contributed by atoms with Gasteiger partial charge in [0.2, 0.25) is 5.90 Å². The van der Waals surface area contributed by atoms with Crippen molar-refractivity contribution in [3.63, 3.8) is 0 Å². The fraction of sp³-hybridized carbons (Fsp3) is 0.0588. The van der Waals surface area contributed by atoms with Crippen LogP contribution < -0.4 is 4.74 Å². The zero-order valence-corrected chi connectivity index (χ0v) is 15.0. The third kappa shape index (κ3) is 3.57. The molecule has 2 aromatic rings. The number of aliphatic imine (C=N–C) groups is 1. The van der Waals surface area contributed by atoms with E-state index in [1.165, 1.54) is 13.2 Å². The quantitative estimate of drug-likeness (QED) is 0.403. The fourth-order valence-corrected chi connectivity index (χ4v) is 2.79. The summed E-state index contributed by atoms with van der Waals surface area (Å²) in [6.07, 6.45) is 1.46. The first-order chi connectivity index (χ1) is 11.9. The zero-order chi connectivity index (χ0) is 18.1. The molecule has 0 radical (unpaired) electrons. The average Bonchev–Trinajstić information content (AvgIpc) is 2.92. The van der Waals surface area contributed by atoms with Crippen LogP contribution in [-0.4, -0.2) is 19.0 Å². The molecule has 0 aromatic heterocycles. The molecule has 0 fully saturated rings. The number of hydrogen-bond acceptors (Lipinski definition) is 4.